The van der Waals surface area contributed by atoms with E-state index in [2.05, 4.69) is 10.4 Å². The molecule has 30 heavy (non-hydrogen) atoms. The lowest BCUT2D eigenvalue weighted by atomic mass is 10.0. The molecule has 0 unspecified atom stereocenters. The third-order valence-electron chi connectivity index (χ3n) is 4.90. The predicted octanol–water partition coefficient (Wildman–Crippen LogP) is 3.74. The highest BCUT2D eigenvalue weighted by Crippen LogP contribution is 2.29. The molecule has 0 saturated carbocycles. The summed E-state index contributed by atoms with van der Waals surface area (Å²) in [4.78, 5) is 25.3. The maximum atomic E-state index is 12.9. The van der Waals surface area contributed by atoms with Gasteiger partial charge in [0.2, 0.25) is 5.91 Å². The topological polar surface area (TPSA) is 82.4 Å². The highest BCUT2D eigenvalue weighted by molar-refractivity contribution is 5.95. The Labute approximate surface area is 175 Å². The molecule has 0 fully saturated rings. The monoisotopic (exact) mass is 407 g/mol. The van der Waals surface area contributed by atoms with Crippen LogP contribution in [0.3, 0.4) is 0 Å². The molecule has 1 heterocycles. The molecule has 1 atom stereocenters. The molecule has 1 amide bonds. The largest absolute Gasteiger partial charge is 0.497 e. The van der Waals surface area contributed by atoms with Crippen LogP contribution in [0.4, 0.5) is 5.69 Å². The first-order valence-electron chi connectivity index (χ1n) is 9.54. The normalized spacial score (nSPS) is 11.6. The van der Waals surface area contributed by atoms with Crippen molar-refractivity contribution >= 4 is 11.6 Å². The van der Waals surface area contributed by atoms with Gasteiger partial charge >= 0.3 is 0 Å². The number of aryl methyl sites for hydroxylation is 2. The number of ether oxygens (including phenoxy) is 2. The van der Waals surface area contributed by atoms with Crippen molar-refractivity contribution in [1.82, 2.24) is 9.78 Å². The van der Waals surface area contributed by atoms with E-state index in [-0.39, 0.29) is 5.56 Å². The van der Waals surface area contributed by atoms with Gasteiger partial charge in [-0.3, -0.25) is 9.59 Å². The summed E-state index contributed by atoms with van der Waals surface area (Å²) in [6, 6.07) is 13.4. The Morgan fingerprint density at radius 1 is 1.03 bits per heavy atom. The number of hydrogen-bond donors (Lipinski definition) is 1. The quantitative estimate of drug-likeness (QED) is 0.673. The summed E-state index contributed by atoms with van der Waals surface area (Å²) in [5.74, 6) is 0.668. The van der Waals surface area contributed by atoms with Crippen LogP contribution >= 0.6 is 0 Å². The van der Waals surface area contributed by atoms with Crippen LogP contribution in [-0.4, -0.2) is 29.9 Å². The smallest absolute Gasteiger partial charge is 0.267 e. The van der Waals surface area contributed by atoms with Crippen molar-refractivity contribution in [3.8, 4) is 22.8 Å². The molecule has 0 aliphatic heterocycles. The molecule has 7 nitrogen and oxygen atoms in total. The molecule has 0 radical (unpaired) electrons. The van der Waals surface area contributed by atoms with E-state index in [1.165, 1.54) is 25.0 Å². The maximum Gasteiger partial charge on any atom is 0.267 e. The number of methoxy groups -OCH3 is 2. The summed E-state index contributed by atoms with van der Waals surface area (Å²) in [5.41, 5.74) is 3.78. The van der Waals surface area contributed by atoms with Crippen molar-refractivity contribution in [3.63, 3.8) is 0 Å². The molecular formula is C23H25N3O4. The Morgan fingerprint density at radius 2 is 1.80 bits per heavy atom. The van der Waals surface area contributed by atoms with E-state index in [9.17, 15) is 9.59 Å². The second-order valence-corrected chi connectivity index (χ2v) is 7.05. The van der Waals surface area contributed by atoms with Gasteiger partial charge in [0.25, 0.3) is 5.56 Å². The summed E-state index contributed by atoms with van der Waals surface area (Å²) in [7, 11) is 3.05. The number of nitrogens with zero attached hydrogens (tertiary/aromatic N) is 2. The fourth-order valence-electron chi connectivity index (χ4n) is 3.12. The van der Waals surface area contributed by atoms with Gasteiger partial charge in [0, 0.05) is 17.7 Å². The fraction of sp³-hybridized carbons (Fsp3) is 0.261. The molecule has 2 aromatic carbocycles. The summed E-state index contributed by atoms with van der Waals surface area (Å²) in [6.07, 6.45) is 0. The lowest BCUT2D eigenvalue weighted by Crippen LogP contribution is -2.33. The molecule has 0 bridgehead atoms. The van der Waals surface area contributed by atoms with E-state index in [0.29, 0.717) is 22.9 Å². The summed E-state index contributed by atoms with van der Waals surface area (Å²) >= 11 is 0. The van der Waals surface area contributed by atoms with Gasteiger partial charge in [-0.05, 0) is 50.6 Å². The van der Waals surface area contributed by atoms with Gasteiger partial charge in [-0.15, -0.1) is 0 Å². The van der Waals surface area contributed by atoms with Gasteiger partial charge in [0.1, 0.15) is 17.5 Å². The lowest BCUT2D eigenvalue weighted by molar-refractivity contribution is -0.119. The Hall–Kier alpha value is -3.61. The number of amides is 1. The number of hydrogen-bond acceptors (Lipinski definition) is 5. The second kappa shape index (κ2) is 8.82. The van der Waals surface area contributed by atoms with Crippen LogP contribution in [0.25, 0.3) is 11.3 Å². The number of nitrogens with one attached hydrogen (secondary N) is 1. The van der Waals surface area contributed by atoms with Crippen LogP contribution in [0.2, 0.25) is 0 Å². The number of carbonyl (C=O) groups is 1. The van der Waals surface area contributed by atoms with Crippen molar-refractivity contribution < 1.29 is 14.3 Å². The Balaban J connectivity index is 1.93. The molecule has 0 spiro atoms. The van der Waals surface area contributed by atoms with E-state index in [0.717, 1.165) is 16.7 Å². The fourth-order valence-corrected chi connectivity index (χ4v) is 3.12. The van der Waals surface area contributed by atoms with Crippen molar-refractivity contribution in [2.75, 3.05) is 19.5 Å². The minimum absolute atomic E-state index is 0.357. The Bertz CT molecular complexity index is 1140. The van der Waals surface area contributed by atoms with Gasteiger partial charge in [0.05, 0.1) is 25.6 Å². The average molecular weight is 407 g/mol. The van der Waals surface area contributed by atoms with Crippen molar-refractivity contribution in [2.45, 2.75) is 26.8 Å². The number of carbonyl (C=O) groups excluding carboxylic acids is 1. The van der Waals surface area contributed by atoms with Crippen LogP contribution in [-0.2, 0) is 4.79 Å². The molecule has 3 rings (SSSR count). The third kappa shape index (κ3) is 4.35. The van der Waals surface area contributed by atoms with Crippen molar-refractivity contribution in [2.24, 2.45) is 0 Å². The molecule has 0 saturated heterocycles. The van der Waals surface area contributed by atoms with E-state index >= 15 is 0 Å². The minimum atomic E-state index is -0.835. The van der Waals surface area contributed by atoms with Gasteiger partial charge in [-0.25, -0.2) is 4.68 Å². The van der Waals surface area contributed by atoms with Crippen LogP contribution in [0.5, 0.6) is 11.5 Å². The van der Waals surface area contributed by atoms with Gasteiger partial charge < -0.3 is 14.8 Å². The Morgan fingerprint density at radius 3 is 2.50 bits per heavy atom. The van der Waals surface area contributed by atoms with Gasteiger partial charge in [-0.1, -0.05) is 17.7 Å². The van der Waals surface area contributed by atoms with Crippen molar-refractivity contribution in [1.29, 1.82) is 0 Å². The average Bonchev–Trinajstić information content (AvgIpc) is 2.75. The van der Waals surface area contributed by atoms with Crippen LogP contribution in [0, 0.1) is 13.8 Å². The predicted molar refractivity (Wildman–Crippen MR) is 116 cm³/mol. The highest BCUT2D eigenvalue weighted by atomic mass is 16.5. The van der Waals surface area contributed by atoms with E-state index in [1.807, 2.05) is 32.0 Å². The maximum absolute atomic E-state index is 12.9. The van der Waals surface area contributed by atoms with E-state index in [4.69, 9.17) is 9.47 Å². The number of anilines is 1. The van der Waals surface area contributed by atoms with Gasteiger partial charge in [-0.2, -0.15) is 5.10 Å². The number of rotatable bonds is 6. The standard InChI is InChI=1S/C23H25N3O4/c1-14-6-7-15(2)18(12-14)19-9-11-22(27)26(25-19)16(3)23(28)24-20-13-17(29-4)8-10-21(20)30-5/h6-13,16H,1-5H3,(H,24,28)/t16-/m0/s1. The number of aromatic nitrogens is 2. The zero-order valence-corrected chi connectivity index (χ0v) is 17.7. The van der Waals surface area contributed by atoms with E-state index in [1.54, 1.807) is 31.2 Å². The third-order valence-corrected chi connectivity index (χ3v) is 4.90. The zero-order chi connectivity index (χ0) is 21.8. The first kappa shape index (κ1) is 21.1. The first-order valence-corrected chi connectivity index (χ1v) is 9.54. The molecule has 3 aromatic rings. The molecule has 0 aliphatic carbocycles. The first-order chi connectivity index (χ1) is 14.3. The summed E-state index contributed by atoms with van der Waals surface area (Å²) in [5, 5.41) is 7.27. The van der Waals surface area contributed by atoms with Crippen molar-refractivity contribution in [3.05, 3.63) is 70.0 Å². The molecule has 1 aromatic heterocycles. The van der Waals surface area contributed by atoms with Crippen LogP contribution < -0.4 is 20.3 Å². The lowest BCUT2D eigenvalue weighted by Gasteiger charge is -2.17. The number of benzene rings is 2. The summed E-state index contributed by atoms with van der Waals surface area (Å²) in [6.45, 7) is 5.61. The molecular weight excluding hydrogens is 382 g/mol. The van der Waals surface area contributed by atoms with Crippen LogP contribution in [0.15, 0.2) is 53.3 Å². The zero-order valence-electron chi connectivity index (χ0n) is 17.7. The SMILES string of the molecule is COc1ccc(OC)c(NC(=O)[C@H](C)n2nc(-c3cc(C)ccc3C)ccc2=O)c1. The summed E-state index contributed by atoms with van der Waals surface area (Å²) < 4.78 is 11.7. The highest BCUT2D eigenvalue weighted by Gasteiger charge is 2.20. The van der Waals surface area contributed by atoms with E-state index < -0.39 is 11.9 Å². The Kier molecular flexibility index (Phi) is 6.20. The molecule has 0 aliphatic rings. The van der Waals surface area contributed by atoms with Crippen LogP contribution in [0.1, 0.15) is 24.1 Å². The second-order valence-electron chi connectivity index (χ2n) is 7.05. The minimum Gasteiger partial charge on any atom is -0.497 e. The molecule has 1 N–H and O–H groups in total. The molecule has 156 valence electrons. The van der Waals surface area contributed by atoms with Gasteiger partial charge in [0.15, 0.2) is 0 Å². The molecule has 7 heteroatoms.